The van der Waals surface area contributed by atoms with Gasteiger partial charge in [-0.05, 0) is 36.8 Å². The van der Waals surface area contributed by atoms with Gasteiger partial charge in [0.1, 0.15) is 4.90 Å². The molecular weight excluding hydrogens is 349 g/mol. The quantitative estimate of drug-likeness (QED) is 0.869. The van der Waals surface area contributed by atoms with E-state index in [0.717, 1.165) is 17.7 Å². The maximum Gasteiger partial charge on any atom is 0.337 e. The number of halogens is 2. The molecule has 0 saturated heterocycles. The topological polar surface area (TPSA) is 83.5 Å². The van der Waals surface area contributed by atoms with Crippen LogP contribution in [0.3, 0.4) is 0 Å². The molecule has 0 aliphatic carbocycles. The summed E-state index contributed by atoms with van der Waals surface area (Å²) in [6.45, 7) is 1.82. The third-order valence-corrected chi connectivity index (χ3v) is 4.97. The average molecular weight is 360 g/mol. The zero-order valence-corrected chi connectivity index (χ0v) is 13.6. The monoisotopic (exact) mass is 359 g/mol. The molecule has 0 aromatic heterocycles. The van der Waals surface area contributed by atoms with E-state index < -0.39 is 16.0 Å². The second kappa shape index (κ2) is 6.16. The SMILES string of the molecule is Cc1cccc(NS(=O)(=O)c2cc(C(=O)O)c(Cl)cc2Cl)c1. The molecule has 0 radical (unpaired) electrons. The zero-order chi connectivity index (χ0) is 16.5. The number of sulfonamides is 1. The van der Waals surface area contributed by atoms with Gasteiger partial charge in [-0.1, -0.05) is 35.3 Å². The molecule has 0 fully saturated rings. The van der Waals surface area contributed by atoms with Crippen molar-refractivity contribution >= 4 is 44.9 Å². The normalized spacial score (nSPS) is 11.2. The molecule has 2 N–H and O–H groups in total. The van der Waals surface area contributed by atoms with Gasteiger partial charge >= 0.3 is 5.97 Å². The summed E-state index contributed by atoms with van der Waals surface area (Å²) in [6.07, 6.45) is 0. The highest BCUT2D eigenvalue weighted by Gasteiger charge is 2.22. The van der Waals surface area contributed by atoms with E-state index in [1.165, 1.54) is 0 Å². The lowest BCUT2D eigenvalue weighted by Crippen LogP contribution is -2.14. The van der Waals surface area contributed by atoms with Crippen LogP contribution < -0.4 is 4.72 Å². The van der Waals surface area contributed by atoms with Crippen LogP contribution in [-0.4, -0.2) is 19.5 Å². The molecule has 0 heterocycles. The summed E-state index contributed by atoms with van der Waals surface area (Å²) in [7, 11) is -4.04. The first kappa shape index (κ1) is 16.6. The van der Waals surface area contributed by atoms with Crippen LogP contribution in [0.2, 0.25) is 10.0 Å². The number of carbonyl (C=O) groups is 1. The first-order chi connectivity index (χ1) is 10.2. The van der Waals surface area contributed by atoms with Crippen molar-refractivity contribution in [2.24, 2.45) is 0 Å². The third kappa shape index (κ3) is 3.52. The van der Waals surface area contributed by atoms with Gasteiger partial charge in [-0.2, -0.15) is 0 Å². The van der Waals surface area contributed by atoms with Gasteiger partial charge in [-0.15, -0.1) is 0 Å². The van der Waals surface area contributed by atoms with Gasteiger partial charge in [0.15, 0.2) is 0 Å². The lowest BCUT2D eigenvalue weighted by atomic mass is 10.2. The van der Waals surface area contributed by atoms with Crippen molar-refractivity contribution in [1.29, 1.82) is 0 Å². The molecule has 2 aromatic carbocycles. The molecule has 0 bridgehead atoms. The number of hydrogen-bond donors (Lipinski definition) is 2. The number of aryl methyl sites for hydroxylation is 1. The predicted octanol–water partition coefficient (Wildman–Crippen LogP) is 3.80. The number of aromatic carboxylic acids is 1. The first-order valence-electron chi connectivity index (χ1n) is 6.02. The van der Waals surface area contributed by atoms with Crippen molar-refractivity contribution in [3.63, 3.8) is 0 Å². The minimum Gasteiger partial charge on any atom is -0.478 e. The Labute approximate surface area is 137 Å². The smallest absolute Gasteiger partial charge is 0.337 e. The summed E-state index contributed by atoms with van der Waals surface area (Å²) < 4.78 is 27.1. The maximum atomic E-state index is 12.4. The Kier molecular flexibility index (Phi) is 4.65. The molecule has 5 nitrogen and oxygen atoms in total. The maximum absolute atomic E-state index is 12.4. The van der Waals surface area contributed by atoms with Crippen LogP contribution in [0.25, 0.3) is 0 Å². The van der Waals surface area contributed by atoms with Crippen LogP contribution in [0.5, 0.6) is 0 Å². The lowest BCUT2D eigenvalue weighted by molar-refractivity contribution is 0.0697. The highest BCUT2D eigenvalue weighted by molar-refractivity contribution is 7.92. The average Bonchev–Trinajstić information content (AvgIpc) is 2.37. The van der Waals surface area contributed by atoms with E-state index in [1.54, 1.807) is 18.2 Å². The van der Waals surface area contributed by atoms with Gasteiger partial charge in [0.25, 0.3) is 10.0 Å². The number of rotatable bonds is 4. The minimum atomic E-state index is -4.04. The number of carboxylic acids is 1. The van der Waals surface area contributed by atoms with E-state index in [2.05, 4.69) is 4.72 Å². The summed E-state index contributed by atoms with van der Waals surface area (Å²) in [5.41, 5.74) is 0.882. The molecule has 0 amide bonds. The molecule has 2 rings (SSSR count). The van der Waals surface area contributed by atoms with Crippen molar-refractivity contribution in [2.45, 2.75) is 11.8 Å². The Bertz CT molecular complexity index is 850. The van der Waals surface area contributed by atoms with Gasteiger partial charge in [0.05, 0.1) is 15.6 Å². The largest absolute Gasteiger partial charge is 0.478 e. The van der Waals surface area contributed by atoms with E-state index in [4.69, 9.17) is 28.3 Å². The molecule has 8 heteroatoms. The highest BCUT2D eigenvalue weighted by Crippen LogP contribution is 2.30. The fourth-order valence-electron chi connectivity index (χ4n) is 1.82. The Morgan fingerprint density at radius 1 is 1.14 bits per heavy atom. The van der Waals surface area contributed by atoms with E-state index >= 15 is 0 Å². The Morgan fingerprint density at radius 2 is 1.82 bits per heavy atom. The molecule has 0 aliphatic heterocycles. The molecule has 0 spiro atoms. The second-order valence-corrected chi connectivity index (χ2v) is 7.01. The fourth-order valence-corrected chi connectivity index (χ4v) is 3.72. The van der Waals surface area contributed by atoms with E-state index in [1.807, 2.05) is 13.0 Å². The van der Waals surface area contributed by atoms with Crippen molar-refractivity contribution in [1.82, 2.24) is 0 Å². The molecule has 2 aromatic rings. The standard InChI is InChI=1S/C14H11Cl2NO4S/c1-8-3-2-4-9(5-8)17-22(20,21)13-6-10(14(18)19)11(15)7-12(13)16/h2-7,17H,1H3,(H,18,19). The molecule has 0 saturated carbocycles. The molecule has 116 valence electrons. The van der Waals surface area contributed by atoms with Crippen molar-refractivity contribution in [3.05, 3.63) is 57.6 Å². The lowest BCUT2D eigenvalue weighted by Gasteiger charge is -2.11. The van der Waals surface area contributed by atoms with Gasteiger partial charge in [-0.3, -0.25) is 4.72 Å². The van der Waals surface area contributed by atoms with Gasteiger partial charge in [-0.25, -0.2) is 13.2 Å². The van der Waals surface area contributed by atoms with Crippen molar-refractivity contribution < 1.29 is 18.3 Å². The van der Waals surface area contributed by atoms with Gasteiger partial charge < -0.3 is 5.11 Å². The third-order valence-electron chi connectivity index (χ3n) is 2.81. The van der Waals surface area contributed by atoms with Crippen molar-refractivity contribution in [2.75, 3.05) is 4.72 Å². The molecule has 0 unspecified atom stereocenters. The van der Waals surface area contributed by atoms with Crippen molar-refractivity contribution in [3.8, 4) is 0 Å². The van der Waals surface area contributed by atoms with Crippen LogP contribution in [0.15, 0.2) is 41.3 Å². The summed E-state index contributed by atoms with van der Waals surface area (Å²) in [5.74, 6) is -1.34. The highest BCUT2D eigenvalue weighted by atomic mass is 35.5. The number of nitrogens with one attached hydrogen (secondary N) is 1. The first-order valence-corrected chi connectivity index (χ1v) is 8.26. The molecular formula is C14H11Cl2NO4S. The minimum absolute atomic E-state index is 0.132. The zero-order valence-electron chi connectivity index (χ0n) is 11.3. The van der Waals surface area contributed by atoms with E-state index in [9.17, 15) is 13.2 Å². The number of benzene rings is 2. The number of hydrogen-bond acceptors (Lipinski definition) is 3. The number of anilines is 1. The van der Waals surface area contributed by atoms with Gasteiger partial charge in [0, 0.05) is 5.69 Å². The Balaban J connectivity index is 2.50. The Hall–Kier alpha value is -1.76. The second-order valence-electron chi connectivity index (χ2n) is 4.54. The van der Waals surface area contributed by atoms with Crippen LogP contribution >= 0.6 is 23.2 Å². The molecule has 0 atom stereocenters. The van der Waals surface area contributed by atoms with E-state index in [-0.39, 0.29) is 20.5 Å². The summed E-state index contributed by atoms with van der Waals surface area (Å²) in [6, 6.07) is 8.75. The van der Waals surface area contributed by atoms with Crippen LogP contribution in [-0.2, 0) is 10.0 Å². The van der Waals surface area contributed by atoms with Crippen LogP contribution in [0, 0.1) is 6.92 Å². The van der Waals surface area contributed by atoms with Crippen LogP contribution in [0.4, 0.5) is 5.69 Å². The summed E-state index contributed by atoms with van der Waals surface area (Å²) >= 11 is 11.6. The molecule has 0 aliphatic rings. The number of carboxylic acid groups (broad SMARTS) is 1. The molecule has 22 heavy (non-hydrogen) atoms. The Morgan fingerprint density at radius 3 is 2.41 bits per heavy atom. The van der Waals surface area contributed by atoms with Gasteiger partial charge in [0.2, 0.25) is 0 Å². The summed E-state index contributed by atoms with van der Waals surface area (Å²) in [4.78, 5) is 10.7. The fraction of sp³-hybridized carbons (Fsp3) is 0.0714. The van der Waals surface area contributed by atoms with E-state index in [0.29, 0.717) is 5.69 Å². The predicted molar refractivity (Wildman–Crippen MR) is 85.4 cm³/mol. The van der Waals surface area contributed by atoms with Crippen LogP contribution in [0.1, 0.15) is 15.9 Å². The summed E-state index contributed by atoms with van der Waals surface area (Å²) in [5, 5.41) is 8.74.